The third kappa shape index (κ3) is 3.22. The standard InChI is InChI=1S/C14H20N2O2/c1-14(2)8-4-6-12(10-14)15-11-5-3-7-13(9-11)16(17)18/h3,5,7,9,12,15H,4,6,8,10H2,1-2H3. The summed E-state index contributed by atoms with van der Waals surface area (Å²) in [4.78, 5) is 10.4. The largest absolute Gasteiger partial charge is 0.382 e. The fourth-order valence-electron chi connectivity index (χ4n) is 2.77. The fraction of sp³-hybridized carbons (Fsp3) is 0.571. The van der Waals surface area contributed by atoms with Gasteiger partial charge in [-0.15, -0.1) is 0 Å². The predicted molar refractivity (Wildman–Crippen MR) is 72.8 cm³/mol. The highest BCUT2D eigenvalue weighted by atomic mass is 16.6. The zero-order valence-electron chi connectivity index (χ0n) is 11.0. The van der Waals surface area contributed by atoms with Crippen LogP contribution in [0.25, 0.3) is 0 Å². The van der Waals surface area contributed by atoms with Crippen molar-refractivity contribution in [3.05, 3.63) is 34.4 Å². The summed E-state index contributed by atoms with van der Waals surface area (Å²) in [6.07, 6.45) is 4.75. The number of hydrogen-bond acceptors (Lipinski definition) is 3. The molecule has 1 unspecified atom stereocenters. The van der Waals surface area contributed by atoms with Crippen LogP contribution >= 0.6 is 0 Å². The van der Waals surface area contributed by atoms with Gasteiger partial charge in [-0.1, -0.05) is 26.3 Å². The van der Waals surface area contributed by atoms with Crippen molar-refractivity contribution in [1.82, 2.24) is 0 Å². The van der Waals surface area contributed by atoms with E-state index in [2.05, 4.69) is 19.2 Å². The van der Waals surface area contributed by atoms with E-state index in [9.17, 15) is 10.1 Å². The number of rotatable bonds is 3. The molecule has 0 aromatic heterocycles. The van der Waals surface area contributed by atoms with Gasteiger partial charge >= 0.3 is 0 Å². The molecule has 98 valence electrons. The maximum Gasteiger partial charge on any atom is 0.271 e. The summed E-state index contributed by atoms with van der Waals surface area (Å²) >= 11 is 0. The Morgan fingerprint density at radius 1 is 1.44 bits per heavy atom. The van der Waals surface area contributed by atoms with Crippen LogP contribution in [-0.2, 0) is 0 Å². The topological polar surface area (TPSA) is 55.2 Å². The summed E-state index contributed by atoms with van der Waals surface area (Å²) in [6, 6.07) is 7.19. The second-order valence-electron chi connectivity index (χ2n) is 5.91. The number of nitro groups is 1. The first-order valence-electron chi connectivity index (χ1n) is 6.47. The van der Waals surface area contributed by atoms with E-state index in [0.29, 0.717) is 11.5 Å². The second-order valence-corrected chi connectivity index (χ2v) is 5.91. The predicted octanol–water partition coefficient (Wildman–Crippen LogP) is 3.98. The minimum absolute atomic E-state index is 0.148. The van der Waals surface area contributed by atoms with E-state index in [4.69, 9.17) is 0 Å². The van der Waals surface area contributed by atoms with Crippen molar-refractivity contribution in [3.63, 3.8) is 0 Å². The van der Waals surface area contributed by atoms with Gasteiger partial charge in [0, 0.05) is 23.9 Å². The van der Waals surface area contributed by atoms with E-state index < -0.39 is 0 Å². The Bertz CT molecular complexity index is 443. The molecule has 1 saturated carbocycles. The SMILES string of the molecule is CC1(C)CCCC(Nc2cccc([N+](=O)[O-])c2)C1. The molecule has 0 aliphatic heterocycles. The highest BCUT2D eigenvalue weighted by Crippen LogP contribution is 2.36. The lowest BCUT2D eigenvalue weighted by atomic mass is 9.75. The molecule has 2 rings (SSSR count). The van der Waals surface area contributed by atoms with Gasteiger partial charge in [0.1, 0.15) is 0 Å². The molecule has 0 heterocycles. The van der Waals surface area contributed by atoms with Crippen LogP contribution in [0.4, 0.5) is 11.4 Å². The number of nitrogens with zero attached hydrogens (tertiary/aromatic N) is 1. The van der Waals surface area contributed by atoms with E-state index in [1.807, 2.05) is 6.07 Å². The van der Waals surface area contributed by atoms with E-state index in [0.717, 1.165) is 18.5 Å². The first-order chi connectivity index (χ1) is 8.46. The molecule has 1 aliphatic rings. The van der Waals surface area contributed by atoms with Gasteiger partial charge in [-0.25, -0.2) is 0 Å². The van der Waals surface area contributed by atoms with Gasteiger partial charge in [0.05, 0.1) is 4.92 Å². The summed E-state index contributed by atoms with van der Waals surface area (Å²) in [5.41, 5.74) is 1.37. The van der Waals surface area contributed by atoms with Crippen LogP contribution in [0.5, 0.6) is 0 Å². The van der Waals surface area contributed by atoms with Crippen LogP contribution in [0.1, 0.15) is 39.5 Å². The molecule has 1 fully saturated rings. The van der Waals surface area contributed by atoms with Gasteiger partial charge in [-0.05, 0) is 30.7 Å². The van der Waals surface area contributed by atoms with Crippen molar-refractivity contribution < 1.29 is 4.92 Å². The fourth-order valence-corrected chi connectivity index (χ4v) is 2.77. The number of hydrogen-bond donors (Lipinski definition) is 1. The Hall–Kier alpha value is -1.58. The van der Waals surface area contributed by atoms with Crippen LogP contribution in [0, 0.1) is 15.5 Å². The molecule has 1 aromatic rings. The van der Waals surface area contributed by atoms with Crippen LogP contribution in [-0.4, -0.2) is 11.0 Å². The van der Waals surface area contributed by atoms with Gasteiger partial charge in [-0.2, -0.15) is 0 Å². The van der Waals surface area contributed by atoms with Gasteiger partial charge in [0.25, 0.3) is 5.69 Å². The normalized spacial score (nSPS) is 22.4. The van der Waals surface area contributed by atoms with Crippen LogP contribution in [0.15, 0.2) is 24.3 Å². The van der Waals surface area contributed by atoms with Crippen molar-refractivity contribution in [3.8, 4) is 0 Å². The zero-order chi connectivity index (χ0) is 13.2. The third-order valence-electron chi connectivity index (χ3n) is 3.63. The molecule has 4 heteroatoms. The molecular weight excluding hydrogens is 228 g/mol. The van der Waals surface area contributed by atoms with Crippen molar-refractivity contribution in [2.24, 2.45) is 5.41 Å². The molecule has 0 saturated heterocycles. The highest BCUT2D eigenvalue weighted by Gasteiger charge is 2.27. The maximum atomic E-state index is 10.7. The van der Waals surface area contributed by atoms with Gasteiger partial charge in [0.15, 0.2) is 0 Å². The van der Waals surface area contributed by atoms with E-state index >= 15 is 0 Å². The molecule has 1 atom stereocenters. The first-order valence-corrected chi connectivity index (χ1v) is 6.47. The summed E-state index contributed by atoms with van der Waals surface area (Å²) in [6.45, 7) is 4.57. The summed E-state index contributed by atoms with van der Waals surface area (Å²) in [5.74, 6) is 0. The summed E-state index contributed by atoms with van der Waals surface area (Å²) in [7, 11) is 0. The lowest BCUT2D eigenvalue weighted by Gasteiger charge is -2.36. The lowest BCUT2D eigenvalue weighted by molar-refractivity contribution is -0.384. The zero-order valence-corrected chi connectivity index (χ0v) is 11.0. The average Bonchev–Trinajstić information content (AvgIpc) is 2.28. The molecule has 0 amide bonds. The van der Waals surface area contributed by atoms with Crippen molar-refractivity contribution >= 4 is 11.4 Å². The van der Waals surface area contributed by atoms with Crippen LogP contribution < -0.4 is 5.32 Å². The molecule has 18 heavy (non-hydrogen) atoms. The highest BCUT2D eigenvalue weighted by molar-refractivity contribution is 5.51. The van der Waals surface area contributed by atoms with Crippen molar-refractivity contribution in [2.45, 2.75) is 45.6 Å². The number of benzene rings is 1. The minimum atomic E-state index is -0.351. The molecule has 1 aliphatic carbocycles. The Morgan fingerprint density at radius 2 is 2.22 bits per heavy atom. The third-order valence-corrected chi connectivity index (χ3v) is 3.63. The quantitative estimate of drug-likeness (QED) is 0.650. The van der Waals surface area contributed by atoms with E-state index in [1.54, 1.807) is 12.1 Å². The van der Waals surface area contributed by atoms with E-state index in [-0.39, 0.29) is 10.6 Å². The van der Waals surface area contributed by atoms with Gasteiger partial charge < -0.3 is 5.32 Å². The number of nitro benzene ring substituents is 1. The lowest BCUT2D eigenvalue weighted by Crippen LogP contribution is -2.31. The number of non-ortho nitro benzene ring substituents is 1. The monoisotopic (exact) mass is 248 g/mol. The average molecular weight is 248 g/mol. The molecule has 0 spiro atoms. The number of nitrogens with one attached hydrogen (secondary N) is 1. The Kier molecular flexibility index (Phi) is 3.55. The van der Waals surface area contributed by atoms with Crippen molar-refractivity contribution in [2.75, 3.05) is 5.32 Å². The molecular formula is C14H20N2O2. The molecule has 4 nitrogen and oxygen atoms in total. The van der Waals surface area contributed by atoms with Crippen molar-refractivity contribution in [1.29, 1.82) is 0 Å². The maximum absolute atomic E-state index is 10.7. The molecule has 0 radical (unpaired) electrons. The van der Waals surface area contributed by atoms with Crippen LogP contribution in [0.2, 0.25) is 0 Å². The molecule has 1 N–H and O–H groups in total. The molecule has 1 aromatic carbocycles. The van der Waals surface area contributed by atoms with Gasteiger partial charge in [0.2, 0.25) is 0 Å². The summed E-state index contributed by atoms with van der Waals surface area (Å²) < 4.78 is 0. The Morgan fingerprint density at radius 3 is 2.89 bits per heavy atom. The first kappa shape index (κ1) is 12.9. The summed E-state index contributed by atoms with van der Waals surface area (Å²) in [5, 5.41) is 14.2. The van der Waals surface area contributed by atoms with Gasteiger partial charge in [-0.3, -0.25) is 10.1 Å². The second kappa shape index (κ2) is 4.96. The Labute approximate surface area is 108 Å². The Balaban J connectivity index is 2.05. The van der Waals surface area contributed by atoms with Crippen LogP contribution in [0.3, 0.4) is 0 Å². The minimum Gasteiger partial charge on any atom is -0.382 e. The van der Waals surface area contributed by atoms with E-state index in [1.165, 1.54) is 18.9 Å². The number of anilines is 1. The smallest absolute Gasteiger partial charge is 0.271 e. The molecule has 0 bridgehead atoms.